The zero-order valence-electron chi connectivity index (χ0n) is 7.59. The maximum atomic E-state index is 5.72. The van der Waals surface area contributed by atoms with Crippen LogP contribution in [0.15, 0.2) is 0 Å². The molecule has 1 aliphatic heterocycles. The van der Waals surface area contributed by atoms with E-state index in [1.54, 1.807) is 0 Å². The molecule has 0 N–H and O–H groups in total. The largest absolute Gasteiger partial charge is 0.379 e. The summed E-state index contributed by atoms with van der Waals surface area (Å²) in [6.07, 6.45) is 4.83. The van der Waals surface area contributed by atoms with E-state index in [-0.39, 0.29) is 5.01 Å². The van der Waals surface area contributed by atoms with Crippen LogP contribution >= 0.6 is 15.9 Å². The monoisotopic (exact) mass is 236 g/mol. The van der Waals surface area contributed by atoms with Gasteiger partial charge in [-0.1, -0.05) is 29.3 Å². The first-order valence-corrected chi connectivity index (χ1v) is 5.61. The zero-order valence-corrected chi connectivity index (χ0v) is 9.18. The number of ether oxygens (including phenoxy) is 2. The van der Waals surface area contributed by atoms with Crippen LogP contribution in [0.5, 0.6) is 0 Å². The van der Waals surface area contributed by atoms with E-state index in [0.29, 0.717) is 6.10 Å². The van der Waals surface area contributed by atoms with Crippen LogP contribution < -0.4 is 0 Å². The van der Waals surface area contributed by atoms with Gasteiger partial charge < -0.3 is 9.47 Å². The van der Waals surface area contributed by atoms with Gasteiger partial charge in [0.05, 0.1) is 12.7 Å². The Morgan fingerprint density at radius 3 is 3.08 bits per heavy atom. The topological polar surface area (TPSA) is 18.5 Å². The Kier molecular flexibility index (Phi) is 5.19. The van der Waals surface area contributed by atoms with E-state index < -0.39 is 0 Å². The van der Waals surface area contributed by atoms with Crippen molar-refractivity contribution >= 4 is 15.9 Å². The molecule has 1 heterocycles. The third-order valence-corrected chi connectivity index (χ3v) is 2.65. The minimum absolute atomic E-state index is 0.217. The van der Waals surface area contributed by atoms with Crippen LogP contribution in [0.3, 0.4) is 0 Å². The van der Waals surface area contributed by atoms with E-state index in [4.69, 9.17) is 9.47 Å². The first kappa shape index (κ1) is 10.5. The number of rotatable bonds is 4. The van der Waals surface area contributed by atoms with Crippen LogP contribution in [0.2, 0.25) is 0 Å². The van der Waals surface area contributed by atoms with Crippen molar-refractivity contribution in [2.45, 2.75) is 43.7 Å². The van der Waals surface area contributed by atoms with Gasteiger partial charge in [0.1, 0.15) is 5.01 Å². The molecule has 1 saturated heterocycles. The Morgan fingerprint density at radius 2 is 2.50 bits per heavy atom. The maximum absolute atomic E-state index is 5.72. The van der Waals surface area contributed by atoms with Crippen molar-refractivity contribution in [3.63, 3.8) is 0 Å². The molecule has 2 unspecified atom stereocenters. The third kappa shape index (κ3) is 3.87. The molecule has 0 aromatic heterocycles. The van der Waals surface area contributed by atoms with Gasteiger partial charge in [0, 0.05) is 6.61 Å². The van der Waals surface area contributed by atoms with Gasteiger partial charge in [-0.15, -0.1) is 0 Å². The molecule has 0 amide bonds. The van der Waals surface area contributed by atoms with E-state index in [1.807, 2.05) is 0 Å². The van der Waals surface area contributed by atoms with Gasteiger partial charge in [-0.05, 0) is 19.3 Å². The molecule has 0 saturated carbocycles. The molecule has 2 nitrogen and oxygen atoms in total. The highest BCUT2D eigenvalue weighted by molar-refractivity contribution is 9.09. The summed E-state index contributed by atoms with van der Waals surface area (Å²) in [6.45, 7) is 3.83. The second kappa shape index (κ2) is 5.95. The van der Waals surface area contributed by atoms with Crippen LogP contribution in [-0.2, 0) is 9.47 Å². The summed E-state index contributed by atoms with van der Waals surface area (Å²) in [4.78, 5) is 0. The van der Waals surface area contributed by atoms with Gasteiger partial charge in [0.15, 0.2) is 0 Å². The summed E-state index contributed by atoms with van der Waals surface area (Å²) >= 11 is 3.50. The lowest BCUT2D eigenvalue weighted by Crippen LogP contribution is -2.27. The van der Waals surface area contributed by atoms with Crippen LogP contribution in [0.25, 0.3) is 0 Å². The molecular weight excluding hydrogens is 220 g/mol. The molecule has 0 aromatic rings. The quantitative estimate of drug-likeness (QED) is 0.700. The molecule has 0 radical (unpaired) electrons. The fraction of sp³-hybridized carbons (Fsp3) is 1.00. The molecule has 0 bridgehead atoms. The Hall–Kier alpha value is 0.400. The molecule has 1 aliphatic rings. The summed E-state index contributed by atoms with van der Waals surface area (Å²) in [5, 5.41) is 0.217. The average molecular weight is 237 g/mol. The van der Waals surface area contributed by atoms with E-state index in [2.05, 4.69) is 22.9 Å². The third-order valence-electron chi connectivity index (χ3n) is 1.97. The van der Waals surface area contributed by atoms with Crippen LogP contribution in [0.4, 0.5) is 0 Å². The van der Waals surface area contributed by atoms with Gasteiger partial charge >= 0.3 is 0 Å². The first-order chi connectivity index (χ1) is 5.83. The Balaban J connectivity index is 2.11. The lowest BCUT2D eigenvalue weighted by Gasteiger charge is -2.24. The number of hydrogen-bond acceptors (Lipinski definition) is 2. The molecule has 12 heavy (non-hydrogen) atoms. The van der Waals surface area contributed by atoms with Crippen molar-refractivity contribution in [1.29, 1.82) is 0 Å². The summed E-state index contributed by atoms with van der Waals surface area (Å²) < 4.78 is 11.0. The summed E-state index contributed by atoms with van der Waals surface area (Å²) in [6, 6.07) is 0. The summed E-state index contributed by atoms with van der Waals surface area (Å²) in [7, 11) is 0. The highest BCUT2D eigenvalue weighted by atomic mass is 79.9. The molecule has 0 aromatic carbocycles. The van der Waals surface area contributed by atoms with Crippen LogP contribution in [0, 0.1) is 0 Å². The van der Waals surface area contributed by atoms with Gasteiger partial charge in [-0.25, -0.2) is 0 Å². The van der Waals surface area contributed by atoms with Crippen LogP contribution in [-0.4, -0.2) is 24.3 Å². The van der Waals surface area contributed by atoms with Crippen molar-refractivity contribution in [3.05, 3.63) is 0 Å². The van der Waals surface area contributed by atoms with Gasteiger partial charge in [0.25, 0.3) is 0 Å². The predicted octanol–water partition coefficient (Wildman–Crippen LogP) is 2.70. The lowest BCUT2D eigenvalue weighted by molar-refractivity contribution is -0.0586. The van der Waals surface area contributed by atoms with Gasteiger partial charge in [0.2, 0.25) is 0 Å². The van der Waals surface area contributed by atoms with Crippen molar-refractivity contribution < 1.29 is 9.47 Å². The van der Waals surface area contributed by atoms with Crippen molar-refractivity contribution in [2.24, 2.45) is 0 Å². The Morgan fingerprint density at radius 1 is 1.67 bits per heavy atom. The highest BCUT2D eigenvalue weighted by Crippen LogP contribution is 2.17. The normalized spacial score (nSPS) is 27.0. The SMILES string of the molecule is CCCC(Br)OC1CCCOC1. The molecule has 1 rings (SSSR count). The molecule has 2 atom stereocenters. The summed E-state index contributed by atoms with van der Waals surface area (Å²) in [5.74, 6) is 0. The number of halogens is 1. The Labute approximate surface area is 82.7 Å². The van der Waals surface area contributed by atoms with Crippen molar-refractivity contribution in [2.75, 3.05) is 13.2 Å². The molecule has 1 fully saturated rings. The standard InChI is InChI=1S/C9H17BrO2/c1-2-4-9(10)12-8-5-3-6-11-7-8/h8-9H,2-7H2,1H3. The maximum Gasteiger partial charge on any atom is 0.113 e. The van der Waals surface area contributed by atoms with Gasteiger partial charge in [-0.2, -0.15) is 0 Å². The van der Waals surface area contributed by atoms with Crippen LogP contribution in [0.1, 0.15) is 32.6 Å². The molecule has 0 aliphatic carbocycles. The van der Waals surface area contributed by atoms with Crippen molar-refractivity contribution in [1.82, 2.24) is 0 Å². The van der Waals surface area contributed by atoms with E-state index >= 15 is 0 Å². The van der Waals surface area contributed by atoms with E-state index in [0.717, 1.165) is 38.9 Å². The number of alkyl halides is 1. The predicted molar refractivity (Wildman–Crippen MR) is 52.5 cm³/mol. The molecule has 0 spiro atoms. The lowest BCUT2D eigenvalue weighted by atomic mass is 10.2. The van der Waals surface area contributed by atoms with Gasteiger partial charge in [-0.3, -0.25) is 0 Å². The minimum atomic E-state index is 0.217. The number of hydrogen-bond donors (Lipinski definition) is 0. The fourth-order valence-electron chi connectivity index (χ4n) is 1.32. The van der Waals surface area contributed by atoms with E-state index in [1.165, 1.54) is 0 Å². The van der Waals surface area contributed by atoms with E-state index in [9.17, 15) is 0 Å². The smallest absolute Gasteiger partial charge is 0.113 e. The second-order valence-corrected chi connectivity index (χ2v) is 4.20. The van der Waals surface area contributed by atoms with Crippen molar-refractivity contribution in [3.8, 4) is 0 Å². The fourth-order valence-corrected chi connectivity index (χ4v) is 2.09. The molecular formula is C9H17BrO2. The Bertz CT molecular complexity index is 113. The zero-order chi connectivity index (χ0) is 8.81. The molecule has 72 valence electrons. The highest BCUT2D eigenvalue weighted by Gasteiger charge is 2.17. The minimum Gasteiger partial charge on any atom is -0.379 e. The second-order valence-electron chi connectivity index (χ2n) is 3.17. The summed E-state index contributed by atoms with van der Waals surface area (Å²) in [5.41, 5.74) is 0. The average Bonchev–Trinajstić information content (AvgIpc) is 2.06. The first-order valence-electron chi connectivity index (χ1n) is 4.70. The molecule has 3 heteroatoms.